The van der Waals surface area contributed by atoms with Crippen LogP contribution in [0.15, 0.2) is 24.3 Å². The minimum Gasteiger partial charge on any atom is -0.394 e. The first kappa shape index (κ1) is 50.9. The summed E-state index contributed by atoms with van der Waals surface area (Å²) in [5.74, 6) is -0.0709. The molecule has 0 aliphatic rings. The summed E-state index contributed by atoms with van der Waals surface area (Å²) < 4.78 is 0. The molecule has 2 atom stereocenters. The zero-order valence-electron chi connectivity index (χ0n) is 35.3. The van der Waals surface area contributed by atoms with Gasteiger partial charge in [-0.25, -0.2) is 0 Å². The average molecular weight is 732 g/mol. The summed E-state index contributed by atoms with van der Waals surface area (Å²) in [6.45, 7) is 4.31. The summed E-state index contributed by atoms with van der Waals surface area (Å²) in [5, 5.41) is 23.0. The van der Waals surface area contributed by atoms with Crippen LogP contribution in [-0.4, -0.2) is 34.9 Å². The minimum absolute atomic E-state index is 0.0709. The van der Waals surface area contributed by atoms with Gasteiger partial charge >= 0.3 is 0 Å². The Hall–Kier alpha value is -1.13. The first-order valence-corrected chi connectivity index (χ1v) is 23.6. The van der Waals surface area contributed by atoms with E-state index in [1.807, 2.05) is 6.08 Å². The fourth-order valence-corrected chi connectivity index (χ4v) is 7.29. The number of amides is 1. The molecular formula is C48H93NO3. The number of allylic oxidation sites excluding steroid dienone is 3. The standard InChI is InChI=1S/C48H93NO3/c1-3-5-7-9-11-13-15-17-19-20-21-22-23-24-25-26-27-28-29-30-31-33-35-37-39-41-43-47(51)46(45-50)49-48(52)44-42-40-38-36-34-32-18-16-14-12-10-8-6-4-2/h16,18,41,43,46-47,50-51H,3-15,17,19-40,42,44-45H2,1-2H3,(H,49,52)/b18-16-,43-41+. The number of carbonyl (C=O) groups is 1. The zero-order valence-corrected chi connectivity index (χ0v) is 35.3. The summed E-state index contributed by atoms with van der Waals surface area (Å²) in [5.41, 5.74) is 0. The number of aliphatic hydroxyl groups is 2. The van der Waals surface area contributed by atoms with Crippen molar-refractivity contribution in [3.05, 3.63) is 24.3 Å². The molecule has 3 N–H and O–H groups in total. The number of hydrogen-bond acceptors (Lipinski definition) is 3. The van der Waals surface area contributed by atoms with Crippen LogP contribution in [0.25, 0.3) is 0 Å². The van der Waals surface area contributed by atoms with Crippen molar-refractivity contribution in [1.29, 1.82) is 0 Å². The Balaban J connectivity index is 3.50. The van der Waals surface area contributed by atoms with Crippen molar-refractivity contribution in [1.82, 2.24) is 5.32 Å². The van der Waals surface area contributed by atoms with Crippen LogP contribution in [0.4, 0.5) is 0 Å². The van der Waals surface area contributed by atoms with Crippen LogP contribution < -0.4 is 5.32 Å². The molecule has 0 rings (SSSR count). The summed E-state index contributed by atoms with van der Waals surface area (Å²) in [7, 11) is 0. The zero-order chi connectivity index (χ0) is 37.8. The highest BCUT2D eigenvalue weighted by atomic mass is 16.3. The third-order valence-electron chi connectivity index (χ3n) is 10.9. The number of aliphatic hydroxyl groups excluding tert-OH is 2. The highest BCUT2D eigenvalue weighted by molar-refractivity contribution is 5.76. The molecule has 2 unspecified atom stereocenters. The lowest BCUT2D eigenvalue weighted by Gasteiger charge is -2.20. The van der Waals surface area contributed by atoms with Gasteiger partial charge in [0.05, 0.1) is 18.8 Å². The predicted octanol–water partition coefficient (Wildman–Crippen LogP) is 14.8. The van der Waals surface area contributed by atoms with E-state index in [0.717, 1.165) is 32.1 Å². The molecule has 0 radical (unpaired) electrons. The largest absolute Gasteiger partial charge is 0.394 e. The second-order valence-corrected chi connectivity index (χ2v) is 16.2. The van der Waals surface area contributed by atoms with Gasteiger partial charge < -0.3 is 15.5 Å². The third-order valence-corrected chi connectivity index (χ3v) is 10.9. The van der Waals surface area contributed by atoms with Crippen LogP contribution in [0.1, 0.15) is 258 Å². The molecule has 4 nitrogen and oxygen atoms in total. The quantitative estimate of drug-likeness (QED) is 0.0432. The molecule has 0 aromatic rings. The SMILES string of the molecule is CCCCCCC/C=C\CCCCCCCC(=O)NC(CO)C(O)/C=C/CCCCCCCCCCCCCCCCCCCCCCCCCC. The molecule has 0 aliphatic carbocycles. The molecule has 0 fully saturated rings. The molecule has 0 bridgehead atoms. The van der Waals surface area contributed by atoms with Crippen molar-refractivity contribution in [2.45, 2.75) is 270 Å². The van der Waals surface area contributed by atoms with Crippen molar-refractivity contribution in [2.24, 2.45) is 0 Å². The molecule has 0 saturated carbocycles. The number of unbranched alkanes of at least 4 members (excludes halogenated alkanes) is 34. The van der Waals surface area contributed by atoms with Crippen LogP contribution in [0, 0.1) is 0 Å². The lowest BCUT2D eigenvalue weighted by atomic mass is 10.0. The summed E-state index contributed by atoms with van der Waals surface area (Å²) in [4.78, 5) is 12.4. The van der Waals surface area contributed by atoms with Crippen LogP contribution >= 0.6 is 0 Å². The molecule has 0 aromatic carbocycles. The van der Waals surface area contributed by atoms with Gasteiger partial charge in [0.15, 0.2) is 0 Å². The van der Waals surface area contributed by atoms with E-state index in [1.54, 1.807) is 6.08 Å². The first-order valence-electron chi connectivity index (χ1n) is 23.6. The Kier molecular flexibility index (Phi) is 43.3. The van der Waals surface area contributed by atoms with Gasteiger partial charge in [-0.2, -0.15) is 0 Å². The summed E-state index contributed by atoms with van der Waals surface area (Å²) >= 11 is 0. The van der Waals surface area contributed by atoms with E-state index in [9.17, 15) is 15.0 Å². The normalized spacial score (nSPS) is 13.1. The molecule has 0 aliphatic heterocycles. The molecule has 4 heteroatoms. The fourth-order valence-electron chi connectivity index (χ4n) is 7.29. The smallest absolute Gasteiger partial charge is 0.220 e. The van der Waals surface area contributed by atoms with Crippen LogP contribution in [-0.2, 0) is 4.79 Å². The summed E-state index contributed by atoms with van der Waals surface area (Å²) in [6.07, 6.45) is 57.3. The van der Waals surface area contributed by atoms with Gasteiger partial charge in [-0.3, -0.25) is 4.79 Å². The first-order chi connectivity index (χ1) is 25.7. The van der Waals surface area contributed by atoms with E-state index in [4.69, 9.17) is 0 Å². The monoisotopic (exact) mass is 732 g/mol. The van der Waals surface area contributed by atoms with Crippen molar-refractivity contribution in [3.8, 4) is 0 Å². The van der Waals surface area contributed by atoms with Gasteiger partial charge in [-0.1, -0.05) is 231 Å². The molecule has 0 saturated heterocycles. The Morgan fingerprint density at radius 1 is 0.442 bits per heavy atom. The van der Waals surface area contributed by atoms with Crippen molar-refractivity contribution in [2.75, 3.05) is 6.61 Å². The van der Waals surface area contributed by atoms with Crippen molar-refractivity contribution >= 4 is 5.91 Å². The van der Waals surface area contributed by atoms with E-state index < -0.39 is 12.1 Å². The Morgan fingerprint density at radius 3 is 1.06 bits per heavy atom. The maximum atomic E-state index is 12.4. The Labute approximate surface area is 326 Å². The molecule has 308 valence electrons. The van der Waals surface area contributed by atoms with Gasteiger partial charge in [-0.15, -0.1) is 0 Å². The lowest BCUT2D eigenvalue weighted by molar-refractivity contribution is -0.123. The van der Waals surface area contributed by atoms with Gasteiger partial charge in [0.2, 0.25) is 5.91 Å². The molecule has 0 spiro atoms. The maximum Gasteiger partial charge on any atom is 0.220 e. The molecular weight excluding hydrogens is 639 g/mol. The highest BCUT2D eigenvalue weighted by Gasteiger charge is 2.17. The summed E-state index contributed by atoms with van der Waals surface area (Å²) in [6, 6.07) is -0.624. The number of rotatable bonds is 43. The van der Waals surface area contributed by atoms with Crippen molar-refractivity contribution in [3.63, 3.8) is 0 Å². The molecule has 0 aromatic heterocycles. The fraction of sp³-hybridized carbons (Fsp3) is 0.896. The molecule has 1 amide bonds. The Bertz CT molecular complexity index is 750. The van der Waals surface area contributed by atoms with Gasteiger partial charge in [-0.05, 0) is 44.9 Å². The van der Waals surface area contributed by atoms with Crippen molar-refractivity contribution < 1.29 is 15.0 Å². The topological polar surface area (TPSA) is 69.6 Å². The van der Waals surface area contributed by atoms with Crippen LogP contribution in [0.2, 0.25) is 0 Å². The lowest BCUT2D eigenvalue weighted by Crippen LogP contribution is -2.45. The maximum absolute atomic E-state index is 12.4. The van der Waals surface area contributed by atoms with E-state index in [1.165, 1.54) is 205 Å². The Morgan fingerprint density at radius 2 is 0.731 bits per heavy atom. The second-order valence-electron chi connectivity index (χ2n) is 16.2. The van der Waals surface area contributed by atoms with E-state index in [0.29, 0.717) is 6.42 Å². The van der Waals surface area contributed by atoms with E-state index >= 15 is 0 Å². The van der Waals surface area contributed by atoms with Gasteiger partial charge in [0, 0.05) is 6.42 Å². The van der Waals surface area contributed by atoms with E-state index in [-0.39, 0.29) is 12.5 Å². The number of carbonyl (C=O) groups excluding carboxylic acids is 1. The average Bonchev–Trinajstić information content (AvgIpc) is 3.15. The number of hydrogen-bond donors (Lipinski definition) is 3. The minimum atomic E-state index is -0.840. The van der Waals surface area contributed by atoms with E-state index in [2.05, 4.69) is 31.3 Å². The highest BCUT2D eigenvalue weighted by Crippen LogP contribution is 2.16. The second kappa shape index (κ2) is 44.3. The van der Waals surface area contributed by atoms with Crippen LogP contribution in [0.3, 0.4) is 0 Å². The third kappa shape index (κ3) is 40.1. The number of nitrogens with one attached hydrogen (secondary N) is 1. The predicted molar refractivity (Wildman–Crippen MR) is 230 cm³/mol. The van der Waals surface area contributed by atoms with Crippen LogP contribution in [0.5, 0.6) is 0 Å². The van der Waals surface area contributed by atoms with Gasteiger partial charge in [0.25, 0.3) is 0 Å². The van der Waals surface area contributed by atoms with Gasteiger partial charge in [0.1, 0.15) is 0 Å². The molecule has 52 heavy (non-hydrogen) atoms. The molecule has 0 heterocycles.